The third kappa shape index (κ3) is 4.35. The number of Topliss-reactive ketones (excluding diaryl/α,β-unsaturated/α-hetero) is 1. The molecule has 5 heteroatoms. The smallest absolute Gasteiger partial charge is 0.184 e. The average molecular weight is 267 g/mol. The summed E-state index contributed by atoms with van der Waals surface area (Å²) < 4.78 is 7.00. The SMILES string of the molecule is CCC(C)CC(=O)c1c(OC)cnn1CCN(C)C. The molecule has 0 aliphatic carbocycles. The van der Waals surface area contributed by atoms with Gasteiger partial charge in [0.15, 0.2) is 11.5 Å². The summed E-state index contributed by atoms with van der Waals surface area (Å²) in [5.74, 6) is 1.07. The molecular weight excluding hydrogens is 242 g/mol. The largest absolute Gasteiger partial charge is 0.493 e. The summed E-state index contributed by atoms with van der Waals surface area (Å²) in [4.78, 5) is 14.4. The number of hydrogen-bond acceptors (Lipinski definition) is 4. The van der Waals surface area contributed by atoms with Gasteiger partial charge in [-0.2, -0.15) is 5.10 Å². The minimum atomic E-state index is 0.113. The van der Waals surface area contributed by atoms with E-state index >= 15 is 0 Å². The monoisotopic (exact) mass is 267 g/mol. The minimum absolute atomic E-state index is 0.113. The molecule has 0 bridgehead atoms. The quantitative estimate of drug-likeness (QED) is 0.677. The lowest BCUT2D eigenvalue weighted by Gasteiger charge is -2.13. The average Bonchev–Trinajstić information content (AvgIpc) is 2.78. The number of carbonyl (C=O) groups is 1. The van der Waals surface area contributed by atoms with Crippen LogP contribution in [0.25, 0.3) is 0 Å². The Morgan fingerprint density at radius 1 is 1.53 bits per heavy atom. The highest BCUT2D eigenvalue weighted by Crippen LogP contribution is 2.21. The molecule has 19 heavy (non-hydrogen) atoms. The van der Waals surface area contributed by atoms with E-state index < -0.39 is 0 Å². The number of carbonyl (C=O) groups excluding carboxylic acids is 1. The Balaban J connectivity index is 2.88. The lowest BCUT2D eigenvalue weighted by Crippen LogP contribution is -2.22. The summed E-state index contributed by atoms with van der Waals surface area (Å²) in [7, 11) is 5.58. The molecule has 1 aromatic rings. The van der Waals surface area contributed by atoms with Crippen LogP contribution in [0.15, 0.2) is 6.20 Å². The fourth-order valence-electron chi connectivity index (χ4n) is 1.82. The zero-order valence-corrected chi connectivity index (χ0v) is 12.6. The first-order valence-electron chi connectivity index (χ1n) is 6.77. The topological polar surface area (TPSA) is 47.4 Å². The van der Waals surface area contributed by atoms with E-state index in [1.165, 1.54) is 0 Å². The second-order valence-electron chi connectivity index (χ2n) is 5.23. The molecule has 1 aromatic heterocycles. The first kappa shape index (κ1) is 15.7. The number of ketones is 1. The second kappa shape index (κ2) is 7.28. The van der Waals surface area contributed by atoms with Gasteiger partial charge in [-0.25, -0.2) is 0 Å². The standard InChI is InChI=1S/C14H25N3O2/c1-6-11(2)9-12(18)14-13(19-5)10-15-17(14)8-7-16(3)4/h10-11H,6-9H2,1-5H3. The van der Waals surface area contributed by atoms with Crippen LogP contribution in [-0.4, -0.2) is 48.2 Å². The number of hydrogen-bond donors (Lipinski definition) is 0. The normalized spacial score (nSPS) is 12.7. The van der Waals surface area contributed by atoms with Crippen LogP contribution in [0.1, 0.15) is 37.2 Å². The van der Waals surface area contributed by atoms with Gasteiger partial charge in [0.25, 0.3) is 0 Å². The number of rotatable bonds is 8. The van der Waals surface area contributed by atoms with Crippen molar-refractivity contribution in [1.29, 1.82) is 0 Å². The van der Waals surface area contributed by atoms with Crippen molar-refractivity contribution in [2.45, 2.75) is 33.2 Å². The zero-order chi connectivity index (χ0) is 14.4. The Bertz CT molecular complexity index is 413. The van der Waals surface area contributed by atoms with Gasteiger partial charge in [0.05, 0.1) is 19.9 Å². The van der Waals surface area contributed by atoms with Crippen molar-refractivity contribution in [1.82, 2.24) is 14.7 Å². The van der Waals surface area contributed by atoms with Gasteiger partial charge in [0, 0.05) is 13.0 Å². The van der Waals surface area contributed by atoms with Crippen LogP contribution < -0.4 is 4.74 Å². The molecule has 1 unspecified atom stereocenters. The molecule has 0 radical (unpaired) electrons. The Labute approximate surface area is 115 Å². The molecule has 0 saturated heterocycles. The summed E-state index contributed by atoms with van der Waals surface area (Å²) in [6.45, 7) is 5.72. The van der Waals surface area contributed by atoms with E-state index in [0.717, 1.165) is 13.0 Å². The van der Waals surface area contributed by atoms with Gasteiger partial charge < -0.3 is 9.64 Å². The van der Waals surface area contributed by atoms with Gasteiger partial charge in [-0.15, -0.1) is 0 Å². The molecule has 0 aliphatic heterocycles. The first-order valence-corrected chi connectivity index (χ1v) is 6.77. The van der Waals surface area contributed by atoms with Crippen molar-refractivity contribution in [3.8, 4) is 5.75 Å². The Hall–Kier alpha value is -1.36. The lowest BCUT2D eigenvalue weighted by atomic mass is 10.0. The van der Waals surface area contributed by atoms with E-state index in [-0.39, 0.29) is 5.78 Å². The summed E-state index contributed by atoms with van der Waals surface area (Å²) in [6.07, 6.45) is 3.17. The number of likely N-dealkylation sites (N-methyl/N-ethyl adjacent to an activating group) is 1. The molecule has 0 aromatic carbocycles. The molecular formula is C14H25N3O2. The maximum Gasteiger partial charge on any atom is 0.184 e. The molecule has 1 atom stereocenters. The Kier molecular flexibility index (Phi) is 6.02. The van der Waals surface area contributed by atoms with Crippen molar-refractivity contribution in [2.24, 2.45) is 5.92 Å². The molecule has 0 spiro atoms. The molecule has 0 saturated carbocycles. The second-order valence-corrected chi connectivity index (χ2v) is 5.23. The van der Waals surface area contributed by atoms with Crippen molar-refractivity contribution in [3.63, 3.8) is 0 Å². The molecule has 0 N–H and O–H groups in total. The zero-order valence-electron chi connectivity index (χ0n) is 12.6. The number of nitrogens with zero attached hydrogens (tertiary/aromatic N) is 3. The maximum absolute atomic E-state index is 12.4. The van der Waals surface area contributed by atoms with Crippen molar-refractivity contribution in [2.75, 3.05) is 27.7 Å². The molecule has 1 heterocycles. The minimum Gasteiger partial charge on any atom is -0.493 e. The summed E-state index contributed by atoms with van der Waals surface area (Å²) in [5, 5.41) is 4.26. The summed E-state index contributed by atoms with van der Waals surface area (Å²) in [6, 6.07) is 0. The van der Waals surface area contributed by atoms with Gasteiger partial charge in [-0.1, -0.05) is 20.3 Å². The predicted molar refractivity (Wildman–Crippen MR) is 75.7 cm³/mol. The summed E-state index contributed by atoms with van der Waals surface area (Å²) >= 11 is 0. The van der Waals surface area contributed by atoms with Gasteiger partial charge in [-0.3, -0.25) is 9.48 Å². The highest BCUT2D eigenvalue weighted by Gasteiger charge is 2.20. The molecule has 0 aliphatic rings. The van der Waals surface area contributed by atoms with Crippen molar-refractivity contribution in [3.05, 3.63) is 11.9 Å². The molecule has 0 amide bonds. The third-order valence-corrected chi connectivity index (χ3v) is 3.28. The van der Waals surface area contributed by atoms with E-state index in [1.807, 2.05) is 14.1 Å². The van der Waals surface area contributed by atoms with Crippen LogP contribution in [0, 0.1) is 5.92 Å². The van der Waals surface area contributed by atoms with E-state index in [1.54, 1.807) is 18.0 Å². The van der Waals surface area contributed by atoms with E-state index in [2.05, 4.69) is 23.8 Å². The molecule has 5 nitrogen and oxygen atoms in total. The molecule has 108 valence electrons. The van der Waals surface area contributed by atoms with Crippen LogP contribution in [0.4, 0.5) is 0 Å². The summed E-state index contributed by atoms with van der Waals surface area (Å²) in [5.41, 5.74) is 0.602. The highest BCUT2D eigenvalue weighted by molar-refractivity contribution is 5.97. The third-order valence-electron chi connectivity index (χ3n) is 3.28. The lowest BCUT2D eigenvalue weighted by molar-refractivity contribution is 0.0949. The number of aromatic nitrogens is 2. The van der Waals surface area contributed by atoms with Crippen LogP contribution in [0.5, 0.6) is 5.75 Å². The van der Waals surface area contributed by atoms with E-state index in [4.69, 9.17) is 4.74 Å². The Morgan fingerprint density at radius 2 is 2.21 bits per heavy atom. The fourth-order valence-corrected chi connectivity index (χ4v) is 1.82. The van der Waals surface area contributed by atoms with Gasteiger partial charge in [-0.05, 0) is 20.0 Å². The Morgan fingerprint density at radius 3 is 2.74 bits per heavy atom. The van der Waals surface area contributed by atoms with Crippen molar-refractivity contribution < 1.29 is 9.53 Å². The number of methoxy groups -OCH3 is 1. The molecule has 1 rings (SSSR count). The van der Waals surface area contributed by atoms with E-state index in [9.17, 15) is 4.79 Å². The number of ether oxygens (including phenoxy) is 1. The maximum atomic E-state index is 12.4. The van der Waals surface area contributed by atoms with Gasteiger partial charge in [0.2, 0.25) is 0 Å². The van der Waals surface area contributed by atoms with Gasteiger partial charge >= 0.3 is 0 Å². The first-order chi connectivity index (χ1) is 8.99. The van der Waals surface area contributed by atoms with Gasteiger partial charge in [0.1, 0.15) is 5.69 Å². The highest BCUT2D eigenvalue weighted by atomic mass is 16.5. The van der Waals surface area contributed by atoms with Crippen LogP contribution in [-0.2, 0) is 6.54 Å². The predicted octanol–water partition coefficient (Wildman–Crippen LogP) is 2.07. The molecule has 0 fully saturated rings. The fraction of sp³-hybridized carbons (Fsp3) is 0.714. The van der Waals surface area contributed by atoms with Crippen LogP contribution in [0.3, 0.4) is 0 Å². The van der Waals surface area contributed by atoms with Crippen LogP contribution >= 0.6 is 0 Å². The van der Waals surface area contributed by atoms with Crippen molar-refractivity contribution >= 4 is 5.78 Å². The van der Waals surface area contributed by atoms with E-state index in [0.29, 0.717) is 30.3 Å². The van der Waals surface area contributed by atoms with Crippen LogP contribution in [0.2, 0.25) is 0 Å².